The summed E-state index contributed by atoms with van der Waals surface area (Å²) in [7, 11) is 0. The molecule has 0 amide bonds. The third-order valence-corrected chi connectivity index (χ3v) is 5.70. The maximum absolute atomic E-state index is 4.71. The minimum Gasteiger partial charge on any atom is -0.353 e. The van der Waals surface area contributed by atoms with Gasteiger partial charge in [-0.3, -0.25) is 4.98 Å². The number of hydrogen-bond donors (Lipinski definition) is 0. The molecule has 6 nitrogen and oxygen atoms in total. The van der Waals surface area contributed by atoms with E-state index in [-0.39, 0.29) is 0 Å². The fourth-order valence-electron chi connectivity index (χ4n) is 2.81. The minimum absolute atomic E-state index is 0.839. The summed E-state index contributed by atoms with van der Waals surface area (Å²) in [5.41, 5.74) is 2.00. The molecule has 24 heavy (non-hydrogen) atoms. The smallest absolute Gasteiger partial charge is 0.189 e. The fourth-order valence-corrected chi connectivity index (χ4v) is 4.21. The predicted octanol–water partition coefficient (Wildman–Crippen LogP) is 2.84. The van der Waals surface area contributed by atoms with Crippen molar-refractivity contribution in [2.24, 2.45) is 0 Å². The van der Waals surface area contributed by atoms with Crippen LogP contribution in [0.3, 0.4) is 0 Å². The number of thioether (sulfide) groups is 1. The van der Waals surface area contributed by atoms with Gasteiger partial charge in [-0.25, -0.2) is 15.0 Å². The highest BCUT2D eigenvalue weighted by atomic mass is 32.2. The lowest BCUT2D eigenvalue weighted by Gasteiger charge is -2.35. The van der Waals surface area contributed by atoms with Gasteiger partial charge in [0.2, 0.25) is 0 Å². The van der Waals surface area contributed by atoms with E-state index in [9.17, 15) is 0 Å². The number of thiazole rings is 1. The van der Waals surface area contributed by atoms with Crippen LogP contribution in [-0.2, 0) is 0 Å². The first-order chi connectivity index (χ1) is 11.7. The van der Waals surface area contributed by atoms with Crippen molar-refractivity contribution >= 4 is 44.3 Å². The number of rotatable bonds is 3. The zero-order valence-corrected chi connectivity index (χ0v) is 15.3. The van der Waals surface area contributed by atoms with Gasteiger partial charge in [-0.15, -0.1) is 0 Å². The molecular weight excluding hydrogens is 340 g/mol. The van der Waals surface area contributed by atoms with E-state index >= 15 is 0 Å². The van der Waals surface area contributed by atoms with Crippen molar-refractivity contribution in [3.8, 4) is 0 Å². The number of piperazine rings is 1. The Morgan fingerprint density at radius 1 is 1.08 bits per heavy atom. The van der Waals surface area contributed by atoms with Crippen LogP contribution in [0.2, 0.25) is 0 Å². The lowest BCUT2D eigenvalue weighted by Crippen LogP contribution is -2.46. The molecule has 3 aromatic heterocycles. The molecule has 0 radical (unpaired) electrons. The summed E-state index contributed by atoms with van der Waals surface area (Å²) in [6.07, 6.45) is 5.67. The normalized spacial score (nSPS) is 15.2. The zero-order valence-electron chi connectivity index (χ0n) is 13.6. The molecule has 0 aliphatic carbocycles. The molecular formula is C16H18N6S2. The highest BCUT2D eigenvalue weighted by Crippen LogP contribution is 2.29. The second kappa shape index (κ2) is 6.52. The monoisotopic (exact) mass is 358 g/mol. The molecule has 0 saturated carbocycles. The summed E-state index contributed by atoms with van der Waals surface area (Å²) in [6.45, 7) is 5.81. The summed E-state index contributed by atoms with van der Waals surface area (Å²) in [5.74, 6) is 1.03. The Kier molecular flexibility index (Phi) is 4.24. The molecule has 0 N–H and O–H groups in total. The molecule has 0 bridgehead atoms. The quantitative estimate of drug-likeness (QED) is 0.527. The lowest BCUT2D eigenvalue weighted by molar-refractivity contribution is 0.642. The standard InChI is InChI=1S/C16H18N6S2/c1-11-9-14(20-15(18-11)23-2)21-5-7-22(8-6-21)16-19-12-10-17-4-3-13(12)24-16/h3-4,9-10H,5-8H2,1-2H3. The number of aryl methyl sites for hydroxylation is 1. The Hall–Kier alpha value is -1.93. The molecule has 4 heterocycles. The molecule has 0 aromatic carbocycles. The van der Waals surface area contributed by atoms with Crippen LogP contribution in [-0.4, -0.2) is 52.4 Å². The van der Waals surface area contributed by atoms with Crippen LogP contribution < -0.4 is 9.80 Å². The van der Waals surface area contributed by atoms with Gasteiger partial charge in [0, 0.05) is 44.1 Å². The van der Waals surface area contributed by atoms with Crippen molar-refractivity contribution in [3.63, 3.8) is 0 Å². The van der Waals surface area contributed by atoms with Crippen molar-refractivity contribution < 1.29 is 0 Å². The topological polar surface area (TPSA) is 58.0 Å². The molecule has 1 fully saturated rings. The van der Waals surface area contributed by atoms with Crippen LogP contribution in [0.25, 0.3) is 10.2 Å². The van der Waals surface area contributed by atoms with Crippen molar-refractivity contribution in [2.45, 2.75) is 12.1 Å². The van der Waals surface area contributed by atoms with Gasteiger partial charge in [-0.1, -0.05) is 23.1 Å². The zero-order chi connectivity index (χ0) is 16.5. The molecule has 0 atom stereocenters. The van der Waals surface area contributed by atoms with Gasteiger partial charge in [0.1, 0.15) is 11.3 Å². The van der Waals surface area contributed by atoms with E-state index in [1.54, 1.807) is 23.1 Å². The average molecular weight is 358 g/mol. The third kappa shape index (κ3) is 3.03. The molecule has 124 valence electrons. The number of hydrogen-bond acceptors (Lipinski definition) is 8. The Bertz CT molecular complexity index is 824. The van der Waals surface area contributed by atoms with Crippen LogP contribution in [0.5, 0.6) is 0 Å². The van der Waals surface area contributed by atoms with Gasteiger partial charge in [0.15, 0.2) is 10.3 Å². The highest BCUT2D eigenvalue weighted by Gasteiger charge is 2.21. The highest BCUT2D eigenvalue weighted by molar-refractivity contribution is 7.98. The summed E-state index contributed by atoms with van der Waals surface area (Å²) in [5, 5.41) is 1.92. The third-order valence-electron chi connectivity index (χ3n) is 4.06. The van der Waals surface area contributed by atoms with E-state index in [1.807, 2.05) is 31.6 Å². The van der Waals surface area contributed by atoms with Gasteiger partial charge in [0.25, 0.3) is 0 Å². The second-order valence-electron chi connectivity index (χ2n) is 5.67. The van der Waals surface area contributed by atoms with E-state index < -0.39 is 0 Å². The Labute approximate surface area is 149 Å². The van der Waals surface area contributed by atoms with Gasteiger partial charge >= 0.3 is 0 Å². The van der Waals surface area contributed by atoms with Crippen molar-refractivity contribution in [1.82, 2.24) is 19.9 Å². The molecule has 3 aromatic rings. The number of fused-ring (bicyclic) bond motifs is 1. The molecule has 8 heteroatoms. The van der Waals surface area contributed by atoms with Crippen LogP contribution in [0.4, 0.5) is 10.9 Å². The van der Waals surface area contributed by atoms with Gasteiger partial charge in [0.05, 0.1) is 10.9 Å². The first-order valence-electron chi connectivity index (χ1n) is 7.83. The van der Waals surface area contributed by atoms with Crippen LogP contribution in [0, 0.1) is 6.92 Å². The van der Waals surface area contributed by atoms with Gasteiger partial charge in [-0.2, -0.15) is 0 Å². The molecule has 0 unspecified atom stereocenters. The Morgan fingerprint density at radius 2 is 1.88 bits per heavy atom. The molecule has 1 aliphatic rings. The number of nitrogens with zero attached hydrogens (tertiary/aromatic N) is 6. The van der Waals surface area contributed by atoms with Gasteiger partial charge < -0.3 is 9.80 Å². The van der Waals surface area contributed by atoms with E-state index in [4.69, 9.17) is 4.98 Å². The Morgan fingerprint density at radius 3 is 2.62 bits per heavy atom. The van der Waals surface area contributed by atoms with E-state index in [2.05, 4.69) is 30.8 Å². The van der Waals surface area contributed by atoms with Crippen molar-refractivity contribution in [1.29, 1.82) is 0 Å². The molecule has 0 spiro atoms. The molecule has 1 saturated heterocycles. The average Bonchev–Trinajstić information content (AvgIpc) is 3.05. The largest absolute Gasteiger partial charge is 0.353 e. The lowest BCUT2D eigenvalue weighted by atomic mass is 10.3. The fraction of sp³-hybridized carbons (Fsp3) is 0.375. The first-order valence-corrected chi connectivity index (χ1v) is 9.87. The summed E-state index contributed by atoms with van der Waals surface area (Å²) in [4.78, 5) is 22.6. The second-order valence-corrected chi connectivity index (χ2v) is 7.45. The number of pyridine rings is 1. The van der Waals surface area contributed by atoms with Crippen molar-refractivity contribution in [3.05, 3.63) is 30.2 Å². The van der Waals surface area contributed by atoms with Crippen LogP contribution in [0.1, 0.15) is 5.69 Å². The Balaban J connectivity index is 1.49. The summed E-state index contributed by atoms with van der Waals surface area (Å²) < 4.78 is 1.19. The number of aromatic nitrogens is 4. The molecule has 4 rings (SSSR count). The SMILES string of the molecule is CSc1nc(C)cc(N2CCN(c3nc4cnccc4s3)CC2)n1. The maximum Gasteiger partial charge on any atom is 0.189 e. The predicted molar refractivity (Wildman–Crippen MR) is 100 cm³/mol. The van der Waals surface area contributed by atoms with E-state index in [0.29, 0.717) is 0 Å². The van der Waals surface area contributed by atoms with Crippen LogP contribution in [0.15, 0.2) is 29.7 Å². The van der Waals surface area contributed by atoms with Crippen LogP contribution >= 0.6 is 23.1 Å². The van der Waals surface area contributed by atoms with E-state index in [1.165, 1.54) is 4.70 Å². The number of anilines is 2. The van der Waals surface area contributed by atoms with Crippen molar-refractivity contribution in [2.75, 3.05) is 42.2 Å². The summed E-state index contributed by atoms with van der Waals surface area (Å²) in [6, 6.07) is 4.10. The van der Waals surface area contributed by atoms with E-state index in [0.717, 1.165) is 53.5 Å². The van der Waals surface area contributed by atoms with Gasteiger partial charge in [-0.05, 0) is 19.2 Å². The molecule has 1 aliphatic heterocycles. The summed E-state index contributed by atoms with van der Waals surface area (Å²) >= 11 is 3.32. The maximum atomic E-state index is 4.71. The minimum atomic E-state index is 0.839. The first kappa shape index (κ1) is 15.6.